The summed E-state index contributed by atoms with van der Waals surface area (Å²) in [5.74, 6) is -1.89. The summed E-state index contributed by atoms with van der Waals surface area (Å²) in [5.41, 5.74) is -0.785. The van der Waals surface area contributed by atoms with Crippen LogP contribution in [-0.2, 0) is 4.79 Å². The largest absolute Gasteiger partial charge is 0.321 e. The first-order valence-corrected chi connectivity index (χ1v) is 5.18. The lowest BCUT2D eigenvalue weighted by atomic mass is 9.86. The summed E-state index contributed by atoms with van der Waals surface area (Å²) in [5, 5.41) is 0. The number of rotatable bonds is 1. The summed E-state index contributed by atoms with van der Waals surface area (Å²) < 4.78 is 26.2. The molecule has 1 saturated carbocycles. The van der Waals surface area contributed by atoms with Crippen LogP contribution in [0.15, 0.2) is 10.9 Å². The Kier molecular flexibility index (Phi) is 2.85. The number of aromatic amines is 1. The van der Waals surface area contributed by atoms with Crippen LogP contribution in [0.4, 0.5) is 8.78 Å². The first kappa shape index (κ1) is 11.0. The summed E-state index contributed by atoms with van der Waals surface area (Å²) >= 11 is 0. The smallest absolute Gasteiger partial charge is 0.284 e. The zero-order valence-corrected chi connectivity index (χ0v) is 8.56. The summed E-state index contributed by atoms with van der Waals surface area (Å²) in [6, 6.07) is 0.602. The summed E-state index contributed by atoms with van der Waals surface area (Å²) in [6.45, 7) is 0. The SMILES string of the molecule is O=C1CCC(c2[nH]c(=O)c(F)cc2F)CC1. The van der Waals surface area contributed by atoms with Gasteiger partial charge in [-0.3, -0.25) is 9.59 Å². The molecule has 3 nitrogen and oxygen atoms in total. The number of halogens is 2. The van der Waals surface area contributed by atoms with Crippen LogP contribution in [0.2, 0.25) is 0 Å². The van der Waals surface area contributed by atoms with E-state index in [9.17, 15) is 18.4 Å². The fourth-order valence-electron chi connectivity index (χ4n) is 2.02. The Labute approximate surface area is 90.5 Å². The molecule has 1 N–H and O–H groups in total. The van der Waals surface area contributed by atoms with Crippen LogP contribution in [0, 0.1) is 11.6 Å². The average Bonchev–Trinajstić information content (AvgIpc) is 2.25. The number of hydrogen-bond acceptors (Lipinski definition) is 2. The molecule has 1 heterocycles. The molecule has 86 valence electrons. The first-order chi connectivity index (χ1) is 7.58. The topological polar surface area (TPSA) is 49.9 Å². The van der Waals surface area contributed by atoms with Gasteiger partial charge in [-0.15, -0.1) is 0 Å². The van der Waals surface area contributed by atoms with E-state index in [2.05, 4.69) is 4.98 Å². The Balaban J connectivity index is 2.30. The van der Waals surface area contributed by atoms with E-state index in [1.807, 2.05) is 0 Å². The van der Waals surface area contributed by atoms with E-state index in [4.69, 9.17) is 0 Å². The van der Waals surface area contributed by atoms with Crippen LogP contribution in [0.25, 0.3) is 0 Å². The van der Waals surface area contributed by atoms with E-state index in [0.29, 0.717) is 31.7 Å². The second-order valence-electron chi connectivity index (χ2n) is 4.02. The van der Waals surface area contributed by atoms with Gasteiger partial charge in [0.05, 0.1) is 5.69 Å². The Morgan fingerprint density at radius 2 is 1.75 bits per heavy atom. The minimum Gasteiger partial charge on any atom is -0.321 e. The highest BCUT2D eigenvalue weighted by molar-refractivity contribution is 5.79. The molecule has 0 atom stereocenters. The van der Waals surface area contributed by atoms with Crippen LogP contribution < -0.4 is 5.56 Å². The molecule has 0 aromatic carbocycles. The van der Waals surface area contributed by atoms with Gasteiger partial charge in [0.2, 0.25) is 0 Å². The fourth-order valence-corrected chi connectivity index (χ4v) is 2.02. The van der Waals surface area contributed by atoms with Crippen molar-refractivity contribution in [1.29, 1.82) is 0 Å². The number of Topliss-reactive ketones (excluding diaryl/α,β-unsaturated/α-hetero) is 1. The lowest BCUT2D eigenvalue weighted by Crippen LogP contribution is -2.20. The monoisotopic (exact) mass is 227 g/mol. The maximum Gasteiger partial charge on any atom is 0.284 e. The summed E-state index contributed by atoms with van der Waals surface area (Å²) in [7, 11) is 0. The van der Waals surface area contributed by atoms with Crippen LogP contribution in [-0.4, -0.2) is 10.8 Å². The van der Waals surface area contributed by atoms with Gasteiger partial charge in [-0.2, -0.15) is 0 Å². The molecule has 1 aliphatic rings. The van der Waals surface area contributed by atoms with Crippen molar-refractivity contribution < 1.29 is 13.6 Å². The Morgan fingerprint density at radius 1 is 1.12 bits per heavy atom. The van der Waals surface area contributed by atoms with Gasteiger partial charge in [0.25, 0.3) is 5.56 Å². The van der Waals surface area contributed by atoms with Gasteiger partial charge in [-0.1, -0.05) is 0 Å². The highest BCUT2D eigenvalue weighted by atomic mass is 19.1. The number of hydrogen-bond donors (Lipinski definition) is 1. The molecule has 1 aromatic rings. The zero-order chi connectivity index (χ0) is 11.7. The molecule has 0 spiro atoms. The van der Waals surface area contributed by atoms with Gasteiger partial charge < -0.3 is 4.98 Å². The minimum absolute atomic E-state index is 0.124. The van der Waals surface area contributed by atoms with Gasteiger partial charge in [-0.25, -0.2) is 8.78 Å². The highest BCUT2D eigenvalue weighted by Gasteiger charge is 2.24. The average molecular weight is 227 g/mol. The summed E-state index contributed by atoms with van der Waals surface area (Å²) in [6.07, 6.45) is 1.81. The van der Waals surface area contributed by atoms with E-state index >= 15 is 0 Å². The second-order valence-corrected chi connectivity index (χ2v) is 4.02. The van der Waals surface area contributed by atoms with Crippen LogP contribution in [0.3, 0.4) is 0 Å². The predicted octanol–water partition coefficient (Wildman–Crippen LogP) is 1.88. The molecule has 0 amide bonds. The molecule has 5 heteroatoms. The molecule has 1 fully saturated rings. The van der Waals surface area contributed by atoms with E-state index in [1.54, 1.807) is 0 Å². The van der Waals surface area contributed by atoms with E-state index < -0.39 is 17.2 Å². The highest BCUT2D eigenvalue weighted by Crippen LogP contribution is 2.30. The lowest BCUT2D eigenvalue weighted by Gasteiger charge is -2.21. The Morgan fingerprint density at radius 3 is 2.38 bits per heavy atom. The van der Waals surface area contributed by atoms with E-state index in [0.717, 1.165) is 0 Å². The van der Waals surface area contributed by atoms with E-state index in [-0.39, 0.29) is 17.4 Å². The van der Waals surface area contributed by atoms with Crippen LogP contribution in [0.5, 0.6) is 0 Å². The molecule has 0 aliphatic heterocycles. The third-order valence-electron chi connectivity index (χ3n) is 2.93. The molecule has 0 saturated heterocycles. The quantitative estimate of drug-likeness (QED) is 0.796. The molecule has 0 radical (unpaired) electrons. The number of pyridine rings is 1. The van der Waals surface area contributed by atoms with Gasteiger partial charge in [0.15, 0.2) is 5.82 Å². The number of carbonyl (C=O) groups is 1. The van der Waals surface area contributed by atoms with Crippen LogP contribution >= 0.6 is 0 Å². The van der Waals surface area contributed by atoms with Crippen molar-refractivity contribution in [1.82, 2.24) is 4.98 Å². The van der Waals surface area contributed by atoms with Crippen molar-refractivity contribution in [3.8, 4) is 0 Å². The predicted molar refractivity (Wildman–Crippen MR) is 53.2 cm³/mol. The molecule has 1 aromatic heterocycles. The second kappa shape index (κ2) is 4.15. The molecule has 2 rings (SSSR count). The standard InChI is InChI=1S/C11H11F2NO2/c12-8-5-9(13)11(16)14-10(8)6-1-3-7(15)4-2-6/h5-6H,1-4H2,(H,14,16). The maximum atomic E-state index is 13.4. The fraction of sp³-hybridized carbons (Fsp3) is 0.455. The molecule has 1 aliphatic carbocycles. The third kappa shape index (κ3) is 2.03. The van der Waals surface area contributed by atoms with Crippen molar-refractivity contribution in [2.24, 2.45) is 0 Å². The summed E-state index contributed by atoms with van der Waals surface area (Å²) in [4.78, 5) is 24.3. The van der Waals surface area contributed by atoms with E-state index in [1.165, 1.54) is 0 Å². The third-order valence-corrected chi connectivity index (χ3v) is 2.93. The number of aromatic nitrogens is 1. The van der Waals surface area contributed by atoms with Gasteiger partial charge >= 0.3 is 0 Å². The maximum absolute atomic E-state index is 13.4. The first-order valence-electron chi connectivity index (χ1n) is 5.18. The molecule has 0 bridgehead atoms. The van der Waals surface area contributed by atoms with Gasteiger partial charge in [-0.05, 0) is 12.8 Å². The zero-order valence-electron chi connectivity index (χ0n) is 8.56. The normalized spacial score (nSPS) is 17.8. The Bertz CT molecular complexity index is 471. The molecular formula is C11H11F2NO2. The van der Waals surface area contributed by atoms with Crippen molar-refractivity contribution in [3.63, 3.8) is 0 Å². The molecular weight excluding hydrogens is 216 g/mol. The minimum atomic E-state index is -1.12. The van der Waals surface area contributed by atoms with Crippen LogP contribution in [0.1, 0.15) is 37.3 Å². The van der Waals surface area contributed by atoms with Crippen molar-refractivity contribution in [3.05, 3.63) is 33.7 Å². The number of ketones is 1. The lowest BCUT2D eigenvalue weighted by molar-refractivity contribution is -0.120. The van der Waals surface area contributed by atoms with Gasteiger partial charge in [0.1, 0.15) is 11.6 Å². The number of nitrogens with one attached hydrogen (secondary N) is 1. The molecule has 0 unspecified atom stereocenters. The Hall–Kier alpha value is -1.52. The van der Waals surface area contributed by atoms with Crippen molar-refractivity contribution in [2.75, 3.05) is 0 Å². The number of H-pyrrole nitrogens is 1. The van der Waals surface area contributed by atoms with Crippen molar-refractivity contribution >= 4 is 5.78 Å². The van der Waals surface area contributed by atoms with Gasteiger partial charge in [0, 0.05) is 24.8 Å². The van der Waals surface area contributed by atoms with Crippen molar-refractivity contribution in [2.45, 2.75) is 31.6 Å². The molecule has 16 heavy (non-hydrogen) atoms. The number of carbonyl (C=O) groups excluding carboxylic acids is 1.